The topological polar surface area (TPSA) is 12.9 Å². The summed E-state index contributed by atoms with van der Waals surface area (Å²) in [6, 6.07) is 4.45. The lowest BCUT2D eigenvalue weighted by atomic mass is 9.75. The summed E-state index contributed by atoms with van der Waals surface area (Å²) in [4.78, 5) is 4.63. The van der Waals surface area contributed by atoms with Crippen LogP contribution < -0.4 is 0 Å². The summed E-state index contributed by atoms with van der Waals surface area (Å²) in [5.74, 6) is 0. The highest BCUT2D eigenvalue weighted by atomic mass is 14.7. The molecule has 1 nitrogen and oxygen atoms in total. The summed E-state index contributed by atoms with van der Waals surface area (Å²) in [6.45, 7) is 11.2. The second-order valence-corrected chi connectivity index (χ2v) is 5.81. The lowest BCUT2D eigenvalue weighted by Gasteiger charge is -2.30. The summed E-state index contributed by atoms with van der Waals surface area (Å²) in [5.41, 5.74) is 4.10. The minimum absolute atomic E-state index is 0.304. The van der Waals surface area contributed by atoms with E-state index in [2.05, 4.69) is 51.7 Å². The monoisotopic (exact) mass is 247 g/mol. The predicted molar refractivity (Wildman–Crippen MR) is 80.1 cm³/mol. The van der Waals surface area contributed by atoms with Crippen LogP contribution in [-0.4, -0.2) is 4.98 Å². The molecule has 0 aromatic carbocycles. The molecule has 0 saturated carbocycles. The first kappa shape index (κ1) is 15.2. The van der Waals surface area contributed by atoms with Gasteiger partial charge in [0.05, 0.1) is 0 Å². The molecule has 18 heavy (non-hydrogen) atoms. The van der Waals surface area contributed by atoms with Gasteiger partial charge in [-0.2, -0.15) is 0 Å². The van der Waals surface area contributed by atoms with Crippen molar-refractivity contribution in [3.05, 3.63) is 29.1 Å². The molecule has 0 aliphatic rings. The molecule has 1 rings (SSSR count). The summed E-state index contributed by atoms with van der Waals surface area (Å²) in [6.07, 6.45) is 7.87. The van der Waals surface area contributed by atoms with E-state index in [1.54, 1.807) is 0 Å². The van der Waals surface area contributed by atoms with E-state index in [-0.39, 0.29) is 0 Å². The highest BCUT2D eigenvalue weighted by Gasteiger charge is 2.26. The summed E-state index contributed by atoms with van der Waals surface area (Å²) >= 11 is 0. The van der Waals surface area contributed by atoms with Crippen LogP contribution in [0.1, 0.15) is 76.2 Å². The van der Waals surface area contributed by atoms with Gasteiger partial charge in [0.25, 0.3) is 0 Å². The molecule has 0 radical (unpaired) electrons. The molecule has 102 valence electrons. The van der Waals surface area contributed by atoms with Crippen molar-refractivity contribution in [2.75, 3.05) is 0 Å². The zero-order chi connectivity index (χ0) is 13.6. The van der Waals surface area contributed by atoms with Gasteiger partial charge in [0.1, 0.15) is 0 Å². The van der Waals surface area contributed by atoms with Gasteiger partial charge in [-0.25, -0.2) is 0 Å². The van der Waals surface area contributed by atoms with Gasteiger partial charge in [-0.3, -0.25) is 4.98 Å². The molecule has 0 N–H and O–H groups in total. The van der Waals surface area contributed by atoms with Crippen molar-refractivity contribution in [1.82, 2.24) is 4.98 Å². The Morgan fingerprint density at radius 1 is 1.06 bits per heavy atom. The number of hydrogen-bond acceptors (Lipinski definition) is 1. The molecule has 0 spiro atoms. The van der Waals surface area contributed by atoms with Crippen LogP contribution in [0.2, 0.25) is 0 Å². The predicted octanol–water partition coefficient (Wildman–Crippen LogP) is 5.34. The van der Waals surface area contributed by atoms with E-state index >= 15 is 0 Å². The smallest absolute Gasteiger partial charge is 0.0413 e. The van der Waals surface area contributed by atoms with Crippen LogP contribution >= 0.6 is 0 Å². The maximum absolute atomic E-state index is 4.63. The maximum Gasteiger partial charge on any atom is 0.0413 e. The number of hydrogen-bond donors (Lipinski definition) is 0. The molecule has 1 aromatic heterocycles. The van der Waals surface area contributed by atoms with Crippen LogP contribution in [0.5, 0.6) is 0 Å². The third kappa shape index (κ3) is 3.83. The van der Waals surface area contributed by atoms with Crippen molar-refractivity contribution in [3.8, 4) is 0 Å². The Morgan fingerprint density at radius 2 is 1.78 bits per heavy atom. The van der Waals surface area contributed by atoms with E-state index in [0.29, 0.717) is 5.41 Å². The van der Waals surface area contributed by atoms with E-state index in [9.17, 15) is 0 Å². The molecule has 1 unspecified atom stereocenters. The fourth-order valence-electron chi connectivity index (χ4n) is 2.77. The molecule has 0 fully saturated rings. The molecular formula is C17H29N. The highest BCUT2D eigenvalue weighted by molar-refractivity contribution is 5.29. The van der Waals surface area contributed by atoms with Gasteiger partial charge in [0, 0.05) is 11.4 Å². The second-order valence-electron chi connectivity index (χ2n) is 5.81. The first-order valence-electron chi connectivity index (χ1n) is 7.48. The number of rotatable bonds is 7. The highest BCUT2D eigenvalue weighted by Crippen LogP contribution is 2.34. The Morgan fingerprint density at radius 3 is 2.33 bits per heavy atom. The molecule has 1 atom stereocenters. The summed E-state index contributed by atoms with van der Waals surface area (Å²) < 4.78 is 0. The van der Waals surface area contributed by atoms with Crippen LogP contribution in [0.4, 0.5) is 0 Å². The molecule has 0 amide bonds. The molecule has 0 aliphatic carbocycles. The van der Waals surface area contributed by atoms with E-state index in [4.69, 9.17) is 0 Å². The van der Waals surface area contributed by atoms with E-state index in [1.807, 2.05) is 0 Å². The normalized spacial score (nSPS) is 14.5. The van der Waals surface area contributed by atoms with Crippen molar-refractivity contribution < 1.29 is 0 Å². The molecular weight excluding hydrogens is 218 g/mol. The standard InChI is InChI=1S/C17H29N/c1-6-8-9-10-13-17(5,7-2)16-12-11-14(3)18-15(16)4/h11-12H,6-10,13H2,1-5H3. The summed E-state index contributed by atoms with van der Waals surface area (Å²) in [7, 11) is 0. The van der Waals surface area contributed by atoms with Gasteiger partial charge >= 0.3 is 0 Å². The van der Waals surface area contributed by atoms with E-state index in [0.717, 1.165) is 5.69 Å². The third-order valence-electron chi connectivity index (χ3n) is 4.24. The maximum atomic E-state index is 4.63. The minimum Gasteiger partial charge on any atom is -0.258 e. The first-order valence-corrected chi connectivity index (χ1v) is 7.48. The van der Waals surface area contributed by atoms with Gasteiger partial charge in [0.2, 0.25) is 0 Å². The van der Waals surface area contributed by atoms with Crippen molar-refractivity contribution >= 4 is 0 Å². The molecule has 0 aliphatic heterocycles. The van der Waals surface area contributed by atoms with Gasteiger partial charge in [0.15, 0.2) is 0 Å². The Kier molecular flexibility index (Phi) is 5.84. The van der Waals surface area contributed by atoms with Crippen LogP contribution in [-0.2, 0) is 5.41 Å². The minimum atomic E-state index is 0.304. The summed E-state index contributed by atoms with van der Waals surface area (Å²) in [5, 5.41) is 0. The first-order chi connectivity index (χ1) is 8.53. The lowest BCUT2D eigenvalue weighted by Crippen LogP contribution is -2.22. The lowest BCUT2D eigenvalue weighted by molar-refractivity contribution is 0.392. The Labute approximate surface area is 113 Å². The average Bonchev–Trinajstić information content (AvgIpc) is 2.34. The fourth-order valence-corrected chi connectivity index (χ4v) is 2.77. The van der Waals surface area contributed by atoms with Crippen molar-refractivity contribution in [1.29, 1.82) is 0 Å². The molecule has 1 heteroatoms. The SMILES string of the molecule is CCCCCCC(C)(CC)c1ccc(C)nc1C. The van der Waals surface area contributed by atoms with E-state index < -0.39 is 0 Å². The number of pyridine rings is 1. The fraction of sp³-hybridized carbons (Fsp3) is 0.706. The van der Waals surface area contributed by atoms with Crippen molar-refractivity contribution in [2.24, 2.45) is 0 Å². The van der Waals surface area contributed by atoms with Gasteiger partial charge in [-0.05, 0) is 43.7 Å². The van der Waals surface area contributed by atoms with Crippen LogP contribution in [0, 0.1) is 13.8 Å². The zero-order valence-electron chi connectivity index (χ0n) is 12.8. The third-order valence-corrected chi connectivity index (χ3v) is 4.24. The number of nitrogens with zero attached hydrogens (tertiary/aromatic N) is 1. The van der Waals surface area contributed by atoms with Crippen molar-refractivity contribution in [2.45, 2.75) is 78.6 Å². The zero-order valence-corrected chi connectivity index (χ0v) is 12.8. The van der Waals surface area contributed by atoms with Crippen LogP contribution in [0.25, 0.3) is 0 Å². The molecule has 0 bridgehead atoms. The van der Waals surface area contributed by atoms with Gasteiger partial charge < -0.3 is 0 Å². The molecule has 1 heterocycles. The quantitative estimate of drug-likeness (QED) is 0.593. The molecule has 0 saturated heterocycles. The Balaban J connectivity index is 2.79. The number of unbranched alkanes of at least 4 members (excludes halogenated alkanes) is 3. The van der Waals surface area contributed by atoms with E-state index in [1.165, 1.54) is 49.8 Å². The van der Waals surface area contributed by atoms with Crippen LogP contribution in [0.15, 0.2) is 12.1 Å². The van der Waals surface area contributed by atoms with Gasteiger partial charge in [-0.15, -0.1) is 0 Å². The Hall–Kier alpha value is -0.850. The average molecular weight is 247 g/mol. The van der Waals surface area contributed by atoms with Crippen molar-refractivity contribution in [3.63, 3.8) is 0 Å². The second kappa shape index (κ2) is 6.92. The number of aryl methyl sites for hydroxylation is 2. The van der Waals surface area contributed by atoms with Gasteiger partial charge in [-0.1, -0.05) is 52.5 Å². The largest absolute Gasteiger partial charge is 0.258 e. The Bertz CT molecular complexity index is 370. The van der Waals surface area contributed by atoms with Crippen LogP contribution in [0.3, 0.4) is 0 Å². The number of aromatic nitrogens is 1. The molecule has 1 aromatic rings.